The van der Waals surface area contributed by atoms with E-state index in [0.717, 1.165) is 0 Å². The Morgan fingerprint density at radius 3 is 3.00 bits per heavy atom. The summed E-state index contributed by atoms with van der Waals surface area (Å²) in [6.45, 7) is -0.557. The number of halogens is 3. The summed E-state index contributed by atoms with van der Waals surface area (Å²) in [6, 6.07) is 1.33. The Balaban J connectivity index is 2.39. The highest BCUT2D eigenvalue weighted by Crippen LogP contribution is 2.14. The van der Waals surface area contributed by atoms with Crippen LogP contribution in [0.15, 0.2) is 12.3 Å². The molecule has 1 heterocycles. The highest BCUT2D eigenvalue weighted by atomic mass is 35.5. The Morgan fingerprint density at radius 2 is 2.33 bits per heavy atom. The number of nitrogens with one attached hydrogen (secondary N) is 1. The minimum absolute atomic E-state index is 0.00516. The monoisotopic (exact) mass is 279 g/mol. The van der Waals surface area contributed by atoms with Crippen LogP contribution in [0.3, 0.4) is 0 Å². The van der Waals surface area contributed by atoms with Crippen LogP contribution in [-0.2, 0) is 4.74 Å². The highest BCUT2D eigenvalue weighted by molar-refractivity contribution is 6.29. The number of carbonyl (C=O) groups excluding carboxylic acids is 1. The van der Waals surface area contributed by atoms with Crippen molar-refractivity contribution in [3.8, 4) is 0 Å². The number of nitrogens with two attached hydrogens (primary N) is 1. The van der Waals surface area contributed by atoms with E-state index in [1.807, 2.05) is 0 Å². The van der Waals surface area contributed by atoms with Crippen LogP contribution in [0.1, 0.15) is 10.4 Å². The molecule has 0 aliphatic heterocycles. The number of rotatable bonds is 6. The molecule has 1 aromatic rings. The van der Waals surface area contributed by atoms with E-state index in [4.69, 9.17) is 17.3 Å². The van der Waals surface area contributed by atoms with Crippen molar-refractivity contribution < 1.29 is 18.3 Å². The van der Waals surface area contributed by atoms with Crippen molar-refractivity contribution in [3.63, 3.8) is 0 Å². The Kier molecular flexibility index (Phi) is 5.73. The second-order valence-electron chi connectivity index (χ2n) is 3.32. The molecule has 0 radical (unpaired) electrons. The first-order valence-corrected chi connectivity index (χ1v) is 5.43. The quantitative estimate of drug-likeness (QED) is 0.608. The van der Waals surface area contributed by atoms with Gasteiger partial charge in [0.1, 0.15) is 11.8 Å². The number of carbonyl (C=O) groups is 1. The normalized spacial score (nSPS) is 10.7. The van der Waals surface area contributed by atoms with E-state index in [1.54, 1.807) is 0 Å². The number of pyridine rings is 1. The van der Waals surface area contributed by atoms with Crippen molar-refractivity contribution in [2.75, 3.05) is 25.5 Å². The summed E-state index contributed by atoms with van der Waals surface area (Å²) in [5.74, 6) is -0.461. The molecule has 0 atom stereocenters. The molecule has 1 rings (SSSR count). The summed E-state index contributed by atoms with van der Waals surface area (Å²) in [6.07, 6.45) is -1.25. The molecule has 1 amide bonds. The van der Waals surface area contributed by atoms with Crippen LogP contribution in [0, 0.1) is 0 Å². The number of nitrogens with zero attached hydrogens (tertiary/aromatic N) is 1. The molecule has 0 spiro atoms. The zero-order chi connectivity index (χ0) is 13.5. The molecule has 0 saturated carbocycles. The number of aromatic nitrogens is 1. The minimum atomic E-state index is -2.52. The second kappa shape index (κ2) is 7.07. The third-order valence-corrected chi connectivity index (χ3v) is 2.13. The van der Waals surface area contributed by atoms with Gasteiger partial charge in [0.05, 0.1) is 24.1 Å². The van der Waals surface area contributed by atoms with Gasteiger partial charge < -0.3 is 15.8 Å². The summed E-state index contributed by atoms with van der Waals surface area (Å²) in [5.41, 5.74) is 5.92. The molecule has 100 valence electrons. The standard InChI is InChI=1S/C10H12ClF2N3O2/c11-8-3-6(7(14)4-16-8)10(17)15-1-2-18-5-9(12)13/h3-4,9H,1-2,5,14H2,(H,15,17). The van der Waals surface area contributed by atoms with E-state index in [9.17, 15) is 13.6 Å². The van der Waals surface area contributed by atoms with Gasteiger partial charge in [-0.15, -0.1) is 0 Å². The molecule has 0 unspecified atom stereocenters. The summed E-state index contributed by atoms with van der Waals surface area (Å²) in [4.78, 5) is 15.3. The lowest BCUT2D eigenvalue weighted by molar-refractivity contribution is 0.0188. The maximum atomic E-state index is 11.7. The van der Waals surface area contributed by atoms with Gasteiger partial charge >= 0.3 is 0 Å². The maximum Gasteiger partial charge on any atom is 0.261 e. The molecule has 0 aromatic carbocycles. The van der Waals surface area contributed by atoms with Crippen LogP contribution in [0.25, 0.3) is 0 Å². The number of nitrogen functional groups attached to an aromatic ring is 1. The van der Waals surface area contributed by atoms with Gasteiger partial charge in [-0.3, -0.25) is 4.79 Å². The lowest BCUT2D eigenvalue weighted by Gasteiger charge is -2.08. The number of alkyl halides is 2. The average Bonchev–Trinajstić information content (AvgIpc) is 2.31. The van der Waals surface area contributed by atoms with Crippen LogP contribution < -0.4 is 11.1 Å². The Hall–Kier alpha value is -1.47. The molecule has 0 bridgehead atoms. The van der Waals surface area contributed by atoms with Gasteiger partial charge in [0.15, 0.2) is 0 Å². The molecule has 1 aromatic heterocycles. The van der Waals surface area contributed by atoms with E-state index < -0.39 is 18.9 Å². The predicted molar refractivity (Wildman–Crippen MR) is 62.8 cm³/mol. The molecule has 0 aliphatic carbocycles. The molecule has 8 heteroatoms. The first kappa shape index (κ1) is 14.6. The summed E-state index contributed by atoms with van der Waals surface area (Å²) >= 11 is 5.62. The Bertz CT molecular complexity index is 418. The first-order chi connectivity index (χ1) is 8.50. The van der Waals surface area contributed by atoms with Crippen LogP contribution >= 0.6 is 11.6 Å². The van der Waals surface area contributed by atoms with Crippen LogP contribution in [0.4, 0.5) is 14.5 Å². The lowest BCUT2D eigenvalue weighted by Crippen LogP contribution is -2.28. The van der Waals surface area contributed by atoms with Crippen molar-refractivity contribution in [2.24, 2.45) is 0 Å². The minimum Gasteiger partial charge on any atom is -0.397 e. The number of hydrogen-bond donors (Lipinski definition) is 2. The molecule has 0 aliphatic rings. The number of amides is 1. The van der Waals surface area contributed by atoms with E-state index in [-0.39, 0.29) is 29.6 Å². The van der Waals surface area contributed by atoms with E-state index >= 15 is 0 Å². The number of ether oxygens (including phenoxy) is 1. The zero-order valence-electron chi connectivity index (χ0n) is 9.33. The van der Waals surface area contributed by atoms with E-state index in [0.29, 0.717) is 0 Å². The van der Waals surface area contributed by atoms with Gasteiger partial charge in [-0.05, 0) is 6.07 Å². The van der Waals surface area contributed by atoms with Crippen molar-refractivity contribution in [1.82, 2.24) is 10.3 Å². The van der Waals surface area contributed by atoms with Gasteiger partial charge in [0, 0.05) is 6.54 Å². The fraction of sp³-hybridized carbons (Fsp3) is 0.400. The average molecular weight is 280 g/mol. The SMILES string of the molecule is Nc1cnc(Cl)cc1C(=O)NCCOCC(F)F. The van der Waals surface area contributed by atoms with Crippen molar-refractivity contribution >= 4 is 23.2 Å². The van der Waals surface area contributed by atoms with E-state index in [1.165, 1.54) is 12.3 Å². The molecule has 3 N–H and O–H groups in total. The molecule has 0 fully saturated rings. The third kappa shape index (κ3) is 4.80. The van der Waals surface area contributed by atoms with Crippen LogP contribution in [0.2, 0.25) is 5.15 Å². The summed E-state index contributed by atoms with van der Waals surface area (Å²) in [7, 11) is 0. The van der Waals surface area contributed by atoms with Crippen molar-refractivity contribution in [2.45, 2.75) is 6.43 Å². The molecular formula is C10H12ClF2N3O2. The number of anilines is 1. The number of hydrogen-bond acceptors (Lipinski definition) is 4. The van der Waals surface area contributed by atoms with Crippen molar-refractivity contribution in [1.29, 1.82) is 0 Å². The molecular weight excluding hydrogens is 268 g/mol. The lowest BCUT2D eigenvalue weighted by atomic mass is 10.2. The van der Waals surface area contributed by atoms with Gasteiger partial charge in [-0.1, -0.05) is 11.6 Å². The topological polar surface area (TPSA) is 77.2 Å². The smallest absolute Gasteiger partial charge is 0.261 e. The van der Waals surface area contributed by atoms with E-state index in [2.05, 4.69) is 15.0 Å². The largest absolute Gasteiger partial charge is 0.397 e. The van der Waals surface area contributed by atoms with Crippen molar-refractivity contribution in [3.05, 3.63) is 23.0 Å². The van der Waals surface area contributed by atoms with Crippen LogP contribution in [-0.4, -0.2) is 37.1 Å². The highest BCUT2D eigenvalue weighted by Gasteiger charge is 2.10. The fourth-order valence-electron chi connectivity index (χ4n) is 1.14. The summed E-state index contributed by atoms with van der Waals surface area (Å²) < 4.78 is 28.1. The fourth-order valence-corrected chi connectivity index (χ4v) is 1.30. The van der Waals surface area contributed by atoms with Gasteiger partial charge in [-0.25, -0.2) is 13.8 Å². The Labute approximate surface area is 107 Å². The van der Waals surface area contributed by atoms with Gasteiger partial charge in [-0.2, -0.15) is 0 Å². The zero-order valence-corrected chi connectivity index (χ0v) is 10.1. The Morgan fingerprint density at radius 1 is 1.61 bits per heavy atom. The maximum absolute atomic E-state index is 11.7. The second-order valence-corrected chi connectivity index (χ2v) is 3.70. The van der Waals surface area contributed by atoms with Gasteiger partial charge in [0.25, 0.3) is 12.3 Å². The molecule has 0 saturated heterocycles. The third-order valence-electron chi connectivity index (χ3n) is 1.92. The predicted octanol–water partition coefficient (Wildman–Crippen LogP) is 1.33. The molecule has 5 nitrogen and oxygen atoms in total. The first-order valence-electron chi connectivity index (χ1n) is 5.06. The van der Waals surface area contributed by atoms with Gasteiger partial charge in [0.2, 0.25) is 0 Å². The van der Waals surface area contributed by atoms with Crippen LogP contribution in [0.5, 0.6) is 0 Å². The summed E-state index contributed by atoms with van der Waals surface area (Å²) in [5, 5.41) is 2.61. The molecule has 18 heavy (non-hydrogen) atoms.